The van der Waals surface area contributed by atoms with Crippen LogP contribution in [-0.4, -0.2) is 47.8 Å². The summed E-state index contributed by atoms with van der Waals surface area (Å²) >= 11 is 0. The number of hydrogen-bond donors (Lipinski definition) is 0. The van der Waals surface area contributed by atoms with Gasteiger partial charge in [0.05, 0.1) is 0 Å². The fourth-order valence-corrected chi connectivity index (χ4v) is 3.08. The van der Waals surface area contributed by atoms with Crippen molar-refractivity contribution >= 4 is 11.8 Å². The average Bonchev–Trinajstić information content (AvgIpc) is 2.88. The van der Waals surface area contributed by atoms with Crippen LogP contribution in [0.1, 0.15) is 32.7 Å². The van der Waals surface area contributed by atoms with Crippen molar-refractivity contribution in [2.24, 2.45) is 0 Å². The second kappa shape index (κ2) is 7.47. The van der Waals surface area contributed by atoms with Crippen molar-refractivity contribution in [2.45, 2.75) is 13.3 Å². The predicted octanol–water partition coefficient (Wildman–Crippen LogP) is 3.12. The third-order valence-corrected chi connectivity index (χ3v) is 4.54. The van der Waals surface area contributed by atoms with E-state index < -0.39 is 0 Å². The number of rotatable bonds is 2. The summed E-state index contributed by atoms with van der Waals surface area (Å²) in [5, 5.41) is 0. The molecule has 0 saturated carbocycles. The summed E-state index contributed by atoms with van der Waals surface area (Å²) in [5.41, 5.74) is 2.14. The van der Waals surface area contributed by atoms with Crippen LogP contribution in [0.3, 0.4) is 0 Å². The molecule has 2 aromatic carbocycles. The van der Waals surface area contributed by atoms with Gasteiger partial charge in [-0.15, -0.1) is 0 Å². The van der Waals surface area contributed by atoms with Crippen LogP contribution in [0.25, 0.3) is 0 Å². The summed E-state index contributed by atoms with van der Waals surface area (Å²) in [6.45, 7) is 4.12. The van der Waals surface area contributed by atoms with Crippen molar-refractivity contribution in [2.75, 3.05) is 26.2 Å². The number of carbonyl (C=O) groups excluding carboxylic acids is 2. The maximum atomic E-state index is 13.0. The molecule has 3 rings (SSSR count). The van der Waals surface area contributed by atoms with Gasteiger partial charge in [0.2, 0.25) is 0 Å². The molecule has 0 radical (unpaired) electrons. The van der Waals surface area contributed by atoms with E-state index in [2.05, 4.69) is 0 Å². The Morgan fingerprint density at radius 2 is 1.44 bits per heavy atom. The summed E-state index contributed by atoms with van der Waals surface area (Å²) in [4.78, 5) is 28.8. The molecule has 5 heteroatoms. The van der Waals surface area contributed by atoms with Gasteiger partial charge in [-0.05, 0) is 49.2 Å². The second-order valence-electron chi connectivity index (χ2n) is 6.26. The first kappa shape index (κ1) is 17.1. The van der Waals surface area contributed by atoms with Gasteiger partial charge in [-0.2, -0.15) is 0 Å². The molecular formula is C20H21FN2O2. The van der Waals surface area contributed by atoms with Gasteiger partial charge < -0.3 is 9.80 Å². The van der Waals surface area contributed by atoms with Crippen LogP contribution in [0.5, 0.6) is 0 Å². The molecule has 0 aliphatic carbocycles. The zero-order valence-corrected chi connectivity index (χ0v) is 14.2. The minimum atomic E-state index is -0.359. The molecule has 25 heavy (non-hydrogen) atoms. The Morgan fingerprint density at radius 1 is 0.840 bits per heavy atom. The monoisotopic (exact) mass is 340 g/mol. The van der Waals surface area contributed by atoms with Gasteiger partial charge in [0, 0.05) is 37.3 Å². The maximum absolute atomic E-state index is 13.0. The van der Waals surface area contributed by atoms with Crippen molar-refractivity contribution in [1.29, 1.82) is 0 Å². The Bertz CT molecular complexity index is 774. The second-order valence-corrected chi connectivity index (χ2v) is 6.26. The number of hydrogen-bond acceptors (Lipinski definition) is 2. The molecule has 2 aromatic rings. The van der Waals surface area contributed by atoms with Crippen LogP contribution >= 0.6 is 0 Å². The first-order valence-electron chi connectivity index (χ1n) is 8.46. The summed E-state index contributed by atoms with van der Waals surface area (Å²) in [6, 6.07) is 13.1. The maximum Gasteiger partial charge on any atom is 0.254 e. The molecule has 0 atom stereocenters. The Balaban J connectivity index is 1.68. The minimum absolute atomic E-state index is 0.00850. The largest absolute Gasteiger partial charge is 0.337 e. The van der Waals surface area contributed by atoms with E-state index in [9.17, 15) is 14.0 Å². The number of carbonyl (C=O) groups is 2. The van der Waals surface area contributed by atoms with Gasteiger partial charge in [-0.25, -0.2) is 4.39 Å². The standard InChI is InChI=1S/C20H21FN2O2/c1-15-5-2-3-6-18(15)20(25)23-12-4-11-22(13-14-23)19(24)16-7-9-17(21)10-8-16/h2-3,5-10H,4,11-14H2,1H3. The van der Waals surface area contributed by atoms with E-state index in [1.54, 1.807) is 9.80 Å². The van der Waals surface area contributed by atoms with Gasteiger partial charge in [0.25, 0.3) is 11.8 Å². The van der Waals surface area contributed by atoms with Gasteiger partial charge >= 0.3 is 0 Å². The lowest BCUT2D eigenvalue weighted by atomic mass is 10.1. The van der Waals surface area contributed by atoms with E-state index in [1.165, 1.54) is 24.3 Å². The van der Waals surface area contributed by atoms with Crippen molar-refractivity contribution < 1.29 is 14.0 Å². The highest BCUT2D eigenvalue weighted by Gasteiger charge is 2.24. The van der Waals surface area contributed by atoms with Crippen LogP contribution in [0.4, 0.5) is 4.39 Å². The van der Waals surface area contributed by atoms with Crippen molar-refractivity contribution in [1.82, 2.24) is 9.80 Å². The Labute approximate surface area is 146 Å². The molecule has 4 nitrogen and oxygen atoms in total. The third-order valence-electron chi connectivity index (χ3n) is 4.54. The number of benzene rings is 2. The molecule has 0 spiro atoms. The van der Waals surface area contributed by atoms with Crippen LogP contribution < -0.4 is 0 Å². The zero-order valence-electron chi connectivity index (χ0n) is 14.2. The molecule has 0 unspecified atom stereocenters. The first-order valence-corrected chi connectivity index (χ1v) is 8.46. The number of nitrogens with zero attached hydrogens (tertiary/aromatic N) is 2. The lowest BCUT2D eigenvalue weighted by molar-refractivity contribution is 0.0718. The molecule has 1 fully saturated rings. The van der Waals surface area contributed by atoms with Gasteiger partial charge in [-0.3, -0.25) is 9.59 Å². The molecule has 1 saturated heterocycles. The molecule has 130 valence electrons. The minimum Gasteiger partial charge on any atom is -0.337 e. The Morgan fingerprint density at radius 3 is 2.08 bits per heavy atom. The molecule has 1 aliphatic heterocycles. The molecule has 0 bridgehead atoms. The van der Waals surface area contributed by atoms with E-state index in [0.717, 1.165) is 12.0 Å². The summed E-state index contributed by atoms with van der Waals surface area (Å²) in [6.07, 6.45) is 0.727. The number of aryl methyl sites for hydroxylation is 1. The van der Waals surface area contributed by atoms with E-state index in [4.69, 9.17) is 0 Å². The normalized spacial score (nSPS) is 15.0. The van der Waals surface area contributed by atoms with Gasteiger partial charge in [0.1, 0.15) is 5.82 Å². The van der Waals surface area contributed by atoms with Crippen molar-refractivity contribution in [3.63, 3.8) is 0 Å². The highest BCUT2D eigenvalue weighted by atomic mass is 19.1. The van der Waals surface area contributed by atoms with E-state index in [-0.39, 0.29) is 17.6 Å². The molecule has 0 aromatic heterocycles. The quantitative estimate of drug-likeness (QED) is 0.843. The summed E-state index contributed by atoms with van der Waals surface area (Å²) < 4.78 is 13.0. The fourth-order valence-electron chi connectivity index (χ4n) is 3.08. The van der Waals surface area contributed by atoms with Crippen LogP contribution in [0, 0.1) is 12.7 Å². The lowest BCUT2D eigenvalue weighted by Crippen LogP contribution is -2.37. The molecule has 1 aliphatic rings. The average molecular weight is 340 g/mol. The third kappa shape index (κ3) is 3.87. The van der Waals surface area contributed by atoms with Crippen molar-refractivity contribution in [3.8, 4) is 0 Å². The van der Waals surface area contributed by atoms with Crippen molar-refractivity contribution in [3.05, 3.63) is 71.0 Å². The van der Waals surface area contributed by atoms with E-state index in [1.807, 2.05) is 31.2 Å². The summed E-state index contributed by atoms with van der Waals surface area (Å²) in [7, 11) is 0. The summed E-state index contributed by atoms with van der Waals surface area (Å²) in [5.74, 6) is -0.471. The fraction of sp³-hybridized carbons (Fsp3) is 0.300. The Hall–Kier alpha value is -2.69. The van der Waals surface area contributed by atoms with Crippen LogP contribution in [0.2, 0.25) is 0 Å². The van der Waals surface area contributed by atoms with Gasteiger partial charge in [0.15, 0.2) is 0 Å². The molecule has 0 N–H and O–H groups in total. The van der Waals surface area contributed by atoms with E-state index in [0.29, 0.717) is 37.3 Å². The topological polar surface area (TPSA) is 40.6 Å². The van der Waals surface area contributed by atoms with Crippen LogP contribution in [0.15, 0.2) is 48.5 Å². The highest BCUT2D eigenvalue weighted by Crippen LogP contribution is 2.14. The molecule has 1 heterocycles. The first-order chi connectivity index (χ1) is 12.1. The number of halogens is 1. The van der Waals surface area contributed by atoms with Crippen LogP contribution in [-0.2, 0) is 0 Å². The number of amides is 2. The molecular weight excluding hydrogens is 319 g/mol. The Kier molecular flexibility index (Phi) is 5.12. The SMILES string of the molecule is Cc1ccccc1C(=O)N1CCCN(C(=O)c2ccc(F)cc2)CC1. The smallest absolute Gasteiger partial charge is 0.254 e. The highest BCUT2D eigenvalue weighted by molar-refractivity contribution is 5.96. The molecule has 2 amide bonds. The van der Waals surface area contributed by atoms with Gasteiger partial charge in [-0.1, -0.05) is 18.2 Å². The predicted molar refractivity (Wildman–Crippen MR) is 94.0 cm³/mol. The zero-order chi connectivity index (χ0) is 17.8. The van der Waals surface area contributed by atoms with E-state index >= 15 is 0 Å². The lowest BCUT2D eigenvalue weighted by Gasteiger charge is -2.23.